The largest absolute Gasteiger partial charge is 0.353 e. The molecule has 174 valence electrons. The second-order valence-corrected chi connectivity index (χ2v) is 8.58. The number of nitrogens with zero attached hydrogens (tertiary/aromatic N) is 7. The number of rotatable bonds is 4. The van der Waals surface area contributed by atoms with E-state index in [2.05, 4.69) is 20.0 Å². The van der Waals surface area contributed by atoms with Crippen LogP contribution in [0, 0.1) is 20.8 Å². The smallest absolute Gasteiger partial charge is 0.262 e. The van der Waals surface area contributed by atoms with Crippen LogP contribution in [0.3, 0.4) is 0 Å². The van der Waals surface area contributed by atoms with Crippen molar-refractivity contribution in [2.75, 3.05) is 37.6 Å². The van der Waals surface area contributed by atoms with Crippen LogP contribution in [-0.2, 0) is 4.79 Å². The molecule has 34 heavy (non-hydrogen) atoms. The molecule has 0 aliphatic carbocycles. The van der Waals surface area contributed by atoms with Gasteiger partial charge in [0.25, 0.3) is 11.8 Å². The highest BCUT2D eigenvalue weighted by atomic mass is 16.2. The molecule has 3 amide bonds. The van der Waals surface area contributed by atoms with Crippen molar-refractivity contribution >= 4 is 23.5 Å². The fourth-order valence-electron chi connectivity index (χ4n) is 4.47. The average Bonchev–Trinajstić information content (AvgIpc) is 3.29. The quantitative estimate of drug-likeness (QED) is 0.545. The van der Waals surface area contributed by atoms with E-state index in [-0.39, 0.29) is 12.5 Å². The molecule has 0 spiro atoms. The third-order valence-electron chi connectivity index (χ3n) is 6.17. The molecule has 2 aliphatic rings. The summed E-state index contributed by atoms with van der Waals surface area (Å²) >= 11 is 0. The lowest BCUT2D eigenvalue weighted by molar-refractivity contribution is -0.131. The number of piperazine rings is 1. The van der Waals surface area contributed by atoms with E-state index >= 15 is 0 Å². The van der Waals surface area contributed by atoms with Gasteiger partial charge in [-0.3, -0.25) is 19.3 Å². The molecular weight excluding hydrogens is 434 g/mol. The summed E-state index contributed by atoms with van der Waals surface area (Å²) in [5.41, 5.74) is 2.61. The van der Waals surface area contributed by atoms with E-state index in [1.54, 1.807) is 33.8 Å². The van der Waals surface area contributed by atoms with Crippen LogP contribution in [0.25, 0.3) is 5.82 Å². The fourth-order valence-corrected chi connectivity index (χ4v) is 4.47. The van der Waals surface area contributed by atoms with E-state index in [0.717, 1.165) is 22.1 Å². The molecule has 4 heterocycles. The predicted octanol–water partition coefficient (Wildman–Crippen LogP) is 1.53. The molecule has 0 radical (unpaired) electrons. The highest BCUT2D eigenvalue weighted by molar-refractivity contribution is 6.22. The molecule has 2 aliphatic heterocycles. The molecule has 1 fully saturated rings. The van der Waals surface area contributed by atoms with Gasteiger partial charge in [-0.25, -0.2) is 14.6 Å². The summed E-state index contributed by atoms with van der Waals surface area (Å²) in [4.78, 5) is 52.0. The van der Waals surface area contributed by atoms with Gasteiger partial charge in [0.2, 0.25) is 5.91 Å². The highest BCUT2D eigenvalue weighted by Crippen LogP contribution is 2.23. The maximum atomic E-state index is 12.9. The molecule has 10 heteroatoms. The Kier molecular flexibility index (Phi) is 5.35. The minimum atomic E-state index is -0.416. The van der Waals surface area contributed by atoms with Gasteiger partial charge < -0.3 is 9.80 Å². The van der Waals surface area contributed by atoms with Crippen LogP contribution < -0.4 is 4.90 Å². The van der Waals surface area contributed by atoms with E-state index in [1.807, 2.05) is 32.9 Å². The molecule has 3 aromatic rings. The number of hydrogen-bond acceptors (Lipinski definition) is 7. The number of aromatic nitrogens is 4. The lowest BCUT2D eigenvalue weighted by Gasteiger charge is -2.36. The number of benzene rings is 1. The average molecular weight is 460 g/mol. The topological polar surface area (TPSA) is 105 Å². The van der Waals surface area contributed by atoms with Crippen LogP contribution in [0.4, 0.5) is 5.82 Å². The van der Waals surface area contributed by atoms with Crippen LogP contribution in [0.1, 0.15) is 37.9 Å². The van der Waals surface area contributed by atoms with Crippen LogP contribution in [0.15, 0.2) is 36.4 Å². The Morgan fingerprint density at radius 1 is 0.882 bits per heavy atom. The van der Waals surface area contributed by atoms with Crippen molar-refractivity contribution in [1.29, 1.82) is 0 Å². The Balaban J connectivity index is 1.25. The minimum Gasteiger partial charge on any atom is -0.353 e. The first-order chi connectivity index (χ1) is 16.3. The molecule has 1 saturated heterocycles. The van der Waals surface area contributed by atoms with E-state index in [9.17, 15) is 14.4 Å². The number of carbonyl (C=O) groups excluding carboxylic acids is 3. The number of anilines is 1. The summed E-state index contributed by atoms with van der Waals surface area (Å²) in [6.07, 6.45) is 0. The molecule has 0 bridgehead atoms. The fraction of sp³-hybridized carbons (Fsp3) is 0.333. The van der Waals surface area contributed by atoms with E-state index in [4.69, 9.17) is 0 Å². The van der Waals surface area contributed by atoms with Gasteiger partial charge in [0.1, 0.15) is 18.2 Å². The Morgan fingerprint density at radius 3 is 2.09 bits per heavy atom. The van der Waals surface area contributed by atoms with Gasteiger partial charge in [0, 0.05) is 37.9 Å². The zero-order valence-corrected chi connectivity index (χ0v) is 19.4. The Hall–Kier alpha value is -4.08. The van der Waals surface area contributed by atoms with Gasteiger partial charge >= 0.3 is 0 Å². The number of imide groups is 1. The van der Waals surface area contributed by atoms with Crippen molar-refractivity contribution < 1.29 is 14.4 Å². The van der Waals surface area contributed by atoms with E-state index < -0.39 is 11.8 Å². The van der Waals surface area contributed by atoms with Gasteiger partial charge in [-0.05, 0) is 39.0 Å². The van der Waals surface area contributed by atoms with Gasteiger partial charge in [0.15, 0.2) is 5.82 Å². The second kappa shape index (κ2) is 8.36. The first-order valence-electron chi connectivity index (χ1n) is 11.2. The minimum absolute atomic E-state index is 0.239. The first kappa shape index (κ1) is 21.7. The lowest BCUT2D eigenvalue weighted by atomic mass is 10.1. The van der Waals surface area contributed by atoms with E-state index in [1.165, 1.54) is 0 Å². The molecule has 0 N–H and O–H groups in total. The summed E-state index contributed by atoms with van der Waals surface area (Å²) in [6, 6.07) is 10.6. The Bertz CT molecular complexity index is 1270. The van der Waals surface area contributed by atoms with Crippen molar-refractivity contribution in [2.45, 2.75) is 20.8 Å². The predicted molar refractivity (Wildman–Crippen MR) is 124 cm³/mol. The normalized spacial score (nSPS) is 15.8. The third-order valence-corrected chi connectivity index (χ3v) is 6.17. The van der Waals surface area contributed by atoms with Crippen LogP contribution in [-0.4, -0.2) is 80.0 Å². The van der Waals surface area contributed by atoms with E-state index in [0.29, 0.717) is 48.9 Å². The molecule has 10 nitrogen and oxygen atoms in total. The monoisotopic (exact) mass is 459 g/mol. The number of carbonyl (C=O) groups is 3. The Morgan fingerprint density at radius 2 is 1.50 bits per heavy atom. The zero-order valence-electron chi connectivity index (χ0n) is 19.4. The van der Waals surface area contributed by atoms with Gasteiger partial charge in [-0.2, -0.15) is 5.10 Å². The van der Waals surface area contributed by atoms with Gasteiger partial charge in [-0.1, -0.05) is 12.1 Å². The molecule has 5 rings (SSSR count). The number of fused-ring (bicyclic) bond motifs is 1. The number of aryl methyl sites for hydroxylation is 3. The molecule has 0 unspecified atom stereocenters. The summed E-state index contributed by atoms with van der Waals surface area (Å²) in [7, 11) is 0. The standard InChI is InChI=1S/C24H25N7O3/c1-15-12-16(2)31(27-15)21-13-20(25-17(3)26-21)28-8-10-29(11-9-28)22(32)14-30-23(33)18-6-4-5-7-19(18)24(30)34/h4-7,12-13H,8-11,14H2,1-3H3. The molecule has 0 atom stereocenters. The summed E-state index contributed by atoms with van der Waals surface area (Å²) in [6.45, 7) is 7.64. The van der Waals surface area contributed by atoms with Gasteiger partial charge in [0.05, 0.1) is 16.8 Å². The number of amides is 3. The van der Waals surface area contributed by atoms with Crippen LogP contribution >= 0.6 is 0 Å². The maximum Gasteiger partial charge on any atom is 0.262 e. The van der Waals surface area contributed by atoms with Crippen molar-refractivity contribution in [3.8, 4) is 5.82 Å². The summed E-state index contributed by atoms with van der Waals surface area (Å²) in [5.74, 6) is 1.06. The summed E-state index contributed by atoms with van der Waals surface area (Å²) in [5, 5.41) is 4.51. The lowest BCUT2D eigenvalue weighted by Crippen LogP contribution is -2.52. The molecule has 1 aromatic carbocycles. The molecule has 0 saturated carbocycles. The van der Waals surface area contributed by atoms with Crippen molar-refractivity contribution in [3.05, 3.63) is 64.7 Å². The first-order valence-corrected chi connectivity index (χ1v) is 11.2. The highest BCUT2D eigenvalue weighted by Gasteiger charge is 2.37. The molecule has 2 aromatic heterocycles. The summed E-state index contributed by atoms with van der Waals surface area (Å²) < 4.78 is 1.80. The van der Waals surface area contributed by atoms with Crippen LogP contribution in [0.5, 0.6) is 0 Å². The van der Waals surface area contributed by atoms with Crippen LogP contribution in [0.2, 0.25) is 0 Å². The van der Waals surface area contributed by atoms with Crippen molar-refractivity contribution in [2.24, 2.45) is 0 Å². The zero-order chi connectivity index (χ0) is 24.0. The van der Waals surface area contributed by atoms with Crippen molar-refractivity contribution in [1.82, 2.24) is 29.5 Å². The Labute approximate surface area is 196 Å². The third kappa shape index (κ3) is 3.81. The maximum absolute atomic E-state index is 12.9. The SMILES string of the molecule is Cc1cc(C)n(-c2cc(N3CCN(C(=O)CN4C(=O)c5ccccc5C4=O)CC3)nc(C)n2)n1. The second-order valence-electron chi connectivity index (χ2n) is 8.58. The number of hydrogen-bond donors (Lipinski definition) is 0. The molecular formula is C24H25N7O3. The van der Waals surface area contributed by atoms with Gasteiger partial charge in [-0.15, -0.1) is 0 Å². The van der Waals surface area contributed by atoms with Crippen molar-refractivity contribution in [3.63, 3.8) is 0 Å².